The molecule has 0 radical (unpaired) electrons. The number of nitrogens with one attached hydrogen (secondary N) is 1. The Morgan fingerprint density at radius 2 is 2.00 bits per heavy atom. The van der Waals surface area contributed by atoms with Crippen LogP contribution in [-0.2, 0) is 4.74 Å². The molecule has 0 spiro atoms. The summed E-state index contributed by atoms with van der Waals surface area (Å²) in [6.07, 6.45) is 0. The standard InChI is InChI=1S/C11H19N3O/c1-7(6-15-5)10-13-9(3)8(2)11(12-4)14-10/h7H,6H2,1-5H3,(H,12,13,14). The Morgan fingerprint density at radius 3 is 2.53 bits per heavy atom. The molecular weight excluding hydrogens is 190 g/mol. The molecule has 1 atom stereocenters. The lowest BCUT2D eigenvalue weighted by Crippen LogP contribution is -2.11. The molecule has 0 aliphatic heterocycles. The van der Waals surface area contributed by atoms with E-state index in [0.717, 1.165) is 22.9 Å². The monoisotopic (exact) mass is 209 g/mol. The summed E-state index contributed by atoms with van der Waals surface area (Å²) in [4.78, 5) is 8.94. The zero-order chi connectivity index (χ0) is 11.4. The fraction of sp³-hybridized carbons (Fsp3) is 0.636. The molecule has 84 valence electrons. The lowest BCUT2D eigenvalue weighted by atomic mass is 10.1. The van der Waals surface area contributed by atoms with Gasteiger partial charge in [0.05, 0.1) is 6.61 Å². The van der Waals surface area contributed by atoms with Crippen molar-refractivity contribution in [3.63, 3.8) is 0 Å². The third kappa shape index (κ3) is 2.65. The van der Waals surface area contributed by atoms with E-state index in [1.54, 1.807) is 7.11 Å². The van der Waals surface area contributed by atoms with Gasteiger partial charge in [-0.15, -0.1) is 0 Å². The van der Waals surface area contributed by atoms with E-state index in [-0.39, 0.29) is 5.92 Å². The summed E-state index contributed by atoms with van der Waals surface area (Å²) in [7, 11) is 3.57. The highest BCUT2D eigenvalue weighted by molar-refractivity contribution is 5.45. The molecule has 0 bridgehead atoms. The highest BCUT2D eigenvalue weighted by Gasteiger charge is 2.12. The minimum absolute atomic E-state index is 0.224. The Bertz CT molecular complexity index is 339. The molecule has 0 aromatic carbocycles. The largest absolute Gasteiger partial charge is 0.384 e. The van der Waals surface area contributed by atoms with Crippen molar-refractivity contribution in [2.75, 3.05) is 26.1 Å². The summed E-state index contributed by atoms with van der Waals surface area (Å²) in [5.41, 5.74) is 2.12. The maximum atomic E-state index is 5.10. The SMILES string of the molecule is CNc1nc(C(C)COC)nc(C)c1C. The fourth-order valence-electron chi connectivity index (χ4n) is 1.44. The first-order valence-corrected chi connectivity index (χ1v) is 5.12. The van der Waals surface area contributed by atoms with Gasteiger partial charge in [0.15, 0.2) is 0 Å². The van der Waals surface area contributed by atoms with Gasteiger partial charge < -0.3 is 10.1 Å². The predicted molar refractivity (Wildman–Crippen MR) is 61.3 cm³/mol. The van der Waals surface area contributed by atoms with Crippen LogP contribution in [0.2, 0.25) is 0 Å². The van der Waals surface area contributed by atoms with Crippen molar-refractivity contribution >= 4 is 5.82 Å². The summed E-state index contributed by atoms with van der Waals surface area (Å²) in [6, 6.07) is 0. The molecule has 0 aliphatic carbocycles. The summed E-state index contributed by atoms with van der Waals surface area (Å²) >= 11 is 0. The smallest absolute Gasteiger partial charge is 0.136 e. The molecule has 1 aromatic heterocycles. The van der Waals surface area contributed by atoms with E-state index in [0.29, 0.717) is 6.61 Å². The number of rotatable bonds is 4. The normalized spacial score (nSPS) is 12.6. The van der Waals surface area contributed by atoms with Crippen molar-refractivity contribution < 1.29 is 4.74 Å². The molecule has 1 unspecified atom stereocenters. The van der Waals surface area contributed by atoms with Crippen molar-refractivity contribution in [3.05, 3.63) is 17.1 Å². The van der Waals surface area contributed by atoms with Gasteiger partial charge >= 0.3 is 0 Å². The minimum Gasteiger partial charge on any atom is -0.384 e. The van der Waals surface area contributed by atoms with E-state index >= 15 is 0 Å². The van der Waals surface area contributed by atoms with E-state index in [1.165, 1.54) is 0 Å². The molecule has 0 fully saturated rings. The van der Waals surface area contributed by atoms with Crippen LogP contribution < -0.4 is 5.32 Å². The van der Waals surface area contributed by atoms with E-state index in [9.17, 15) is 0 Å². The van der Waals surface area contributed by atoms with Gasteiger partial charge in [-0.05, 0) is 13.8 Å². The summed E-state index contributed by atoms with van der Waals surface area (Å²) < 4.78 is 5.10. The van der Waals surface area contributed by atoms with Crippen LogP contribution in [-0.4, -0.2) is 30.7 Å². The first-order valence-electron chi connectivity index (χ1n) is 5.12. The van der Waals surface area contributed by atoms with Gasteiger partial charge in [-0.2, -0.15) is 0 Å². The van der Waals surface area contributed by atoms with Gasteiger partial charge in [0.25, 0.3) is 0 Å². The lowest BCUT2D eigenvalue weighted by molar-refractivity contribution is 0.181. The Hall–Kier alpha value is -1.16. The predicted octanol–water partition coefficient (Wildman–Crippen LogP) is 1.89. The molecular formula is C11H19N3O. The number of aromatic nitrogens is 2. The van der Waals surface area contributed by atoms with Crippen molar-refractivity contribution in [1.82, 2.24) is 9.97 Å². The Morgan fingerprint density at radius 1 is 1.33 bits per heavy atom. The van der Waals surface area contributed by atoms with Gasteiger partial charge in [0.1, 0.15) is 11.6 Å². The average Bonchev–Trinajstić information content (AvgIpc) is 2.22. The summed E-state index contributed by atoms with van der Waals surface area (Å²) in [5, 5.41) is 3.08. The van der Waals surface area contributed by atoms with Crippen LogP contribution in [0.15, 0.2) is 0 Å². The van der Waals surface area contributed by atoms with Crippen LogP contribution in [0.5, 0.6) is 0 Å². The molecule has 4 heteroatoms. The van der Waals surface area contributed by atoms with Crippen LogP contribution in [0.4, 0.5) is 5.82 Å². The molecule has 0 saturated carbocycles. The van der Waals surface area contributed by atoms with E-state index in [1.807, 2.05) is 20.9 Å². The van der Waals surface area contributed by atoms with Gasteiger partial charge in [-0.1, -0.05) is 6.92 Å². The topological polar surface area (TPSA) is 47.0 Å². The van der Waals surface area contributed by atoms with Crippen molar-refractivity contribution in [2.45, 2.75) is 26.7 Å². The van der Waals surface area contributed by atoms with Crippen LogP contribution in [0.3, 0.4) is 0 Å². The molecule has 1 heterocycles. The number of hydrogen-bond acceptors (Lipinski definition) is 4. The zero-order valence-corrected chi connectivity index (χ0v) is 10.1. The quantitative estimate of drug-likeness (QED) is 0.822. The Kier molecular flexibility index (Phi) is 4.03. The van der Waals surface area contributed by atoms with Crippen LogP contribution >= 0.6 is 0 Å². The number of nitrogens with zero attached hydrogens (tertiary/aromatic N) is 2. The Labute approximate surface area is 91.1 Å². The molecule has 1 aromatic rings. The number of anilines is 1. The number of ether oxygens (including phenoxy) is 1. The average molecular weight is 209 g/mol. The number of methoxy groups -OCH3 is 1. The zero-order valence-electron chi connectivity index (χ0n) is 10.1. The van der Waals surface area contributed by atoms with Crippen molar-refractivity contribution in [1.29, 1.82) is 0 Å². The van der Waals surface area contributed by atoms with Gasteiger partial charge in [-0.25, -0.2) is 9.97 Å². The van der Waals surface area contributed by atoms with Crippen LogP contribution in [0.25, 0.3) is 0 Å². The van der Waals surface area contributed by atoms with Gasteiger partial charge in [0.2, 0.25) is 0 Å². The third-order valence-corrected chi connectivity index (χ3v) is 2.50. The van der Waals surface area contributed by atoms with E-state index in [4.69, 9.17) is 4.74 Å². The molecule has 4 nitrogen and oxygen atoms in total. The molecule has 1 N–H and O–H groups in total. The summed E-state index contributed by atoms with van der Waals surface area (Å²) in [6.45, 7) is 6.73. The molecule has 0 aliphatic rings. The highest BCUT2D eigenvalue weighted by atomic mass is 16.5. The highest BCUT2D eigenvalue weighted by Crippen LogP contribution is 2.18. The second kappa shape index (κ2) is 5.07. The molecule has 15 heavy (non-hydrogen) atoms. The van der Waals surface area contributed by atoms with Crippen molar-refractivity contribution in [2.24, 2.45) is 0 Å². The maximum Gasteiger partial charge on any atom is 0.136 e. The van der Waals surface area contributed by atoms with Gasteiger partial charge in [0, 0.05) is 31.3 Å². The van der Waals surface area contributed by atoms with Crippen molar-refractivity contribution in [3.8, 4) is 0 Å². The van der Waals surface area contributed by atoms with E-state index in [2.05, 4.69) is 22.2 Å². The first-order chi connectivity index (χ1) is 7.10. The second-order valence-corrected chi connectivity index (χ2v) is 3.75. The minimum atomic E-state index is 0.224. The number of hydrogen-bond donors (Lipinski definition) is 1. The fourth-order valence-corrected chi connectivity index (χ4v) is 1.44. The van der Waals surface area contributed by atoms with E-state index < -0.39 is 0 Å². The molecule has 0 saturated heterocycles. The summed E-state index contributed by atoms with van der Waals surface area (Å²) in [5.74, 6) is 1.96. The number of aryl methyl sites for hydroxylation is 1. The molecule has 0 amide bonds. The first kappa shape index (κ1) is 11.9. The van der Waals surface area contributed by atoms with Gasteiger partial charge in [-0.3, -0.25) is 0 Å². The lowest BCUT2D eigenvalue weighted by Gasteiger charge is -2.13. The van der Waals surface area contributed by atoms with Crippen LogP contribution in [0, 0.1) is 13.8 Å². The Balaban J connectivity index is 3.05. The second-order valence-electron chi connectivity index (χ2n) is 3.75. The van der Waals surface area contributed by atoms with Crippen LogP contribution in [0.1, 0.15) is 29.9 Å². The maximum absolute atomic E-state index is 5.10. The molecule has 1 rings (SSSR count). The third-order valence-electron chi connectivity index (χ3n) is 2.50.